The molecule has 4 amide bonds. The minimum Gasteiger partial charge on any atom is -0.482 e. The van der Waals surface area contributed by atoms with E-state index in [1.54, 1.807) is 24.3 Å². The number of anilines is 1. The van der Waals surface area contributed by atoms with Gasteiger partial charge in [-0.2, -0.15) is 0 Å². The largest absolute Gasteiger partial charge is 0.482 e. The highest BCUT2D eigenvalue weighted by atomic mass is 32.2. The number of nitrogens with one attached hydrogen (secondary N) is 1. The zero-order chi connectivity index (χ0) is 23.4. The third-order valence-electron chi connectivity index (χ3n) is 5.07. The van der Waals surface area contributed by atoms with E-state index in [0.717, 1.165) is 16.7 Å². The monoisotopic (exact) mass is 469 g/mol. The highest BCUT2D eigenvalue weighted by Crippen LogP contribution is 2.32. The van der Waals surface area contributed by atoms with Crippen molar-refractivity contribution in [3.8, 4) is 5.75 Å². The molecule has 4 rings (SSSR count). The smallest absolute Gasteiger partial charge is 0.293 e. The first-order chi connectivity index (χ1) is 15.9. The lowest BCUT2D eigenvalue weighted by Crippen LogP contribution is -2.42. The Balaban J connectivity index is 1.27. The number of fused-ring (bicyclic) bond motifs is 1. The van der Waals surface area contributed by atoms with Crippen molar-refractivity contribution >= 4 is 46.5 Å². The molecule has 33 heavy (non-hydrogen) atoms. The number of amides is 4. The van der Waals surface area contributed by atoms with Crippen LogP contribution >= 0.6 is 11.8 Å². The normalized spacial score (nSPS) is 16.8. The molecular weight excluding hydrogens is 449 g/mol. The Morgan fingerprint density at radius 2 is 1.82 bits per heavy atom. The van der Waals surface area contributed by atoms with Crippen molar-refractivity contribution in [2.45, 2.75) is 6.42 Å². The molecule has 2 aromatic rings. The van der Waals surface area contributed by atoms with Crippen molar-refractivity contribution in [1.29, 1.82) is 0 Å². The van der Waals surface area contributed by atoms with Crippen molar-refractivity contribution in [3.05, 3.63) is 64.8 Å². The van der Waals surface area contributed by atoms with Crippen LogP contribution in [0.15, 0.2) is 53.4 Å². The van der Waals surface area contributed by atoms with E-state index in [-0.39, 0.29) is 49.4 Å². The Kier molecular flexibility index (Phi) is 6.74. The number of hydrogen-bond acceptors (Lipinski definition) is 6. The van der Waals surface area contributed by atoms with Crippen LogP contribution in [0.3, 0.4) is 0 Å². The number of thioether (sulfide) groups is 1. The lowest BCUT2D eigenvalue weighted by atomic mass is 10.2. The quantitative estimate of drug-likeness (QED) is 0.627. The van der Waals surface area contributed by atoms with Crippen molar-refractivity contribution in [1.82, 2.24) is 10.2 Å². The Morgan fingerprint density at radius 1 is 1.06 bits per heavy atom. The number of rotatable bonds is 7. The van der Waals surface area contributed by atoms with Gasteiger partial charge in [-0.05, 0) is 47.7 Å². The lowest BCUT2D eigenvalue weighted by Gasteiger charge is -2.29. The second kappa shape index (κ2) is 9.86. The summed E-state index contributed by atoms with van der Waals surface area (Å²) in [7, 11) is 0. The predicted molar refractivity (Wildman–Crippen MR) is 121 cm³/mol. The van der Waals surface area contributed by atoms with Gasteiger partial charge in [-0.3, -0.25) is 24.1 Å². The zero-order valence-electron chi connectivity index (χ0n) is 17.5. The maximum atomic E-state index is 13.0. The molecule has 0 radical (unpaired) electrons. The summed E-state index contributed by atoms with van der Waals surface area (Å²) >= 11 is 0.799. The maximum Gasteiger partial charge on any atom is 0.293 e. The summed E-state index contributed by atoms with van der Waals surface area (Å²) in [6.45, 7) is 0.223. The minimum absolute atomic E-state index is 0.0243. The Labute approximate surface area is 193 Å². The number of benzene rings is 2. The van der Waals surface area contributed by atoms with E-state index in [2.05, 4.69) is 5.32 Å². The summed E-state index contributed by atoms with van der Waals surface area (Å²) in [5.74, 6) is -0.796. The third-order valence-corrected chi connectivity index (χ3v) is 5.98. The van der Waals surface area contributed by atoms with Crippen molar-refractivity contribution in [2.24, 2.45) is 0 Å². The number of ether oxygens (including phenoxy) is 1. The van der Waals surface area contributed by atoms with Gasteiger partial charge in [0.1, 0.15) is 11.6 Å². The fourth-order valence-electron chi connectivity index (χ4n) is 3.41. The average molecular weight is 469 g/mol. The van der Waals surface area contributed by atoms with Gasteiger partial charge in [0.25, 0.3) is 17.1 Å². The molecule has 2 heterocycles. The second-order valence-electron chi connectivity index (χ2n) is 7.29. The number of hydrogen-bond donors (Lipinski definition) is 1. The summed E-state index contributed by atoms with van der Waals surface area (Å²) in [5, 5.41) is 2.24. The highest BCUT2D eigenvalue weighted by molar-refractivity contribution is 8.18. The van der Waals surface area contributed by atoms with E-state index in [1.165, 1.54) is 35.2 Å². The number of halogens is 1. The molecule has 2 aromatic carbocycles. The van der Waals surface area contributed by atoms with Crippen molar-refractivity contribution < 1.29 is 28.3 Å². The van der Waals surface area contributed by atoms with E-state index < -0.39 is 17.0 Å². The van der Waals surface area contributed by atoms with Crippen LogP contribution in [0.2, 0.25) is 0 Å². The van der Waals surface area contributed by atoms with Crippen LogP contribution in [-0.4, -0.2) is 54.1 Å². The molecular formula is C23H20FN3O5S. The van der Waals surface area contributed by atoms with E-state index in [4.69, 9.17) is 4.74 Å². The van der Waals surface area contributed by atoms with Gasteiger partial charge in [0.05, 0.1) is 10.6 Å². The molecule has 8 nitrogen and oxygen atoms in total. The topological polar surface area (TPSA) is 96.0 Å². The molecule has 1 saturated heterocycles. The maximum absolute atomic E-state index is 13.0. The number of carbonyl (C=O) groups excluding carboxylic acids is 4. The van der Waals surface area contributed by atoms with E-state index in [9.17, 15) is 23.6 Å². The van der Waals surface area contributed by atoms with Crippen LogP contribution in [0.5, 0.6) is 5.75 Å². The van der Waals surface area contributed by atoms with Crippen LogP contribution in [0, 0.1) is 5.82 Å². The van der Waals surface area contributed by atoms with Gasteiger partial charge in [0.15, 0.2) is 6.61 Å². The second-order valence-corrected chi connectivity index (χ2v) is 8.28. The summed E-state index contributed by atoms with van der Waals surface area (Å²) < 4.78 is 18.4. The molecule has 0 aliphatic carbocycles. The Morgan fingerprint density at radius 3 is 2.61 bits per heavy atom. The molecule has 0 unspecified atom stereocenters. The fraction of sp³-hybridized carbons (Fsp3) is 0.217. The van der Waals surface area contributed by atoms with E-state index in [1.807, 2.05) is 0 Å². The van der Waals surface area contributed by atoms with Gasteiger partial charge in [-0.25, -0.2) is 4.39 Å². The first-order valence-electron chi connectivity index (χ1n) is 10.2. The van der Waals surface area contributed by atoms with Gasteiger partial charge in [0, 0.05) is 26.1 Å². The molecule has 0 spiro atoms. The molecule has 10 heteroatoms. The predicted octanol–water partition coefficient (Wildman–Crippen LogP) is 2.79. The Bertz CT molecular complexity index is 1140. The molecule has 1 N–H and O–H groups in total. The molecule has 2 aliphatic heterocycles. The highest BCUT2D eigenvalue weighted by Gasteiger charge is 2.34. The van der Waals surface area contributed by atoms with E-state index in [0.29, 0.717) is 17.0 Å². The number of para-hydroxylation sites is 2. The Hall–Kier alpha value is -3.66. The third kappa shape index (κ3) is 5.23. The van der Waals surface area contributed by atoms with Crippen molar-refractivity contribution in [3.63, 3.8) is 0 Å². The summed E-state index contributed by atoms with van der Waals surface area (Å²) in [4.78, 5) is 52.0. The van der Waals surface area contributed by atoms with Crippen molar-refractivity contribution in [2.75, 3.05) is 31.1 Å². The number of carbonyl (C=O) groups is 4. The molecule has 0 bridgehead atoms. The van der Waals surface area contributed by atoms with Crippen LogP contribution in [-0.2, 0) is 14.4 Å². The van der Waals surface area contributed by atoms with Gasteiger partial charge in [-0.1, -0.05) is 24.3 Å². The van der Waals surface area contributed by atoms with Crippen LogP contribution in [0.25, 0.3) is 6.08 Å². The van der Waals surface area contributed by atoms with Crippen LogP contribution in [0.1, 0.15) is 12.0 Å². The number of nitrogens with zero attached hydrogens (tertiary/aromatic N) is 2. The van der Waals surface area contributed by atoms with Gasteiger partial charge >= 0.3 is 0 Å². The number of imide groups is 1. The van der Waals surface area contributed by atoms with Crippen LogP contribution in [0.4, 0.5) is 14.9 Å². The van der Waals surface area contributed by atoms with Gasteiger partial charge < -0.3 is 15.0 Å². The molecule has 1 fully saturated rings. The average Bonchev–Trinajstić information content (AvgIpc) is 3.07. The molecule has 170 valence electrons. The van der Waals surface area contributed by atoms with Gasteiger partial charge in [0.2, 0.25) is 5.91 Å². The fourth-order valence-corrected chi connectivity index (χ4v) is 4.28. The molecule has 0 saturated carbocycles. The summed E-state index contributed by atoms with van der Waals surface area (Å²) in [6, 6.07) is 12.7. The minimum atomic E-state index is -0.459. The molecule has 2 aliphatic rings. The molecule has 0 aromatic heterocycles. The zero-order valence-corrected chi connectivity index (χ0v) is 18.3. The molecule has 0 atom stereocenters. The summed E-state index contributed by atoms with van der Waals surface area (Å²) in [6.07, 6.45) is 1.59. The standard InChI is InChI=1S/C23H20FN3O5S/c24-16-7-5-15(6-8-16)13-19-22(30)27(23(31)33-19)12-10-25-20(28)9-11-26-17-3-1-2-4-18(17)32-14-21(26)29/h1-8,13H,9-12,14H2,(H,25,28)/b19-13-. The van der Waals surface area contributed by atoms with E-state index >= 15 is 0 Å². The van der Waals surface area contributed by atoms with Crippen LogP contribution < -0.4 is 15.0 Å². The van der Waals surface area contributed by atoms with Gasteiger partial charge in [-0.15, -0.1) is 0 Å². The first-order valence-corrected chi connectivity index (χ1v) is 11.0. The lowest BCUT2D eigenvalue weighted by molar-refractivity contribution is -0.124. The SMILES string of the molecule is O=C(CCN1C(=O)COc2ccccc21)NCCN1C(=O)S/C(=C\c2ccc(F)cc2)C1=O. The summed E-state index contributed by atoms with van der Waals surface area (Å²) in [5.41, 5.74) is 1.22. The first kappa shape index (κ1) is 22.5.